The number of carbonyl (C=O) groups is 1. The van der Waals surface area contributed by atoms with Crippen LogP contribution >= 0.6 is 0 Å². The number of ketones is 1. The fourth-order valence-electron chi connectivity index (χ4n) is 2.00. The Balaban J connectivity index is 2.52. The van der Waals surface area contributed by atoms with Crippen molar-refractivity contribution in [2.75, 3.05) is 14.2 Å². The number of ether oxygens (including phenoxy) is 2. The molecule has 0 aliphatic heterocycles. The van der Waals surface area contributed by atoms with E-state index in [1.165, 1.54) is 26.4 Å². The van der Waals surface area contributed by atoms with E-state index in [9.17, 15) is 25.2 Å². The molecule has 22 heavy (non-hydrogen) atoms. The van der Waals surface area contributed by atoms with E-state index in [1.54, 1.807) is 0 Å². The molecule has 0 amide bonds. The van der Waals surface area contributed by atoms with Crippen LogP contribution in [0.5, 0.6) is 34.5 Å². The zero-order valence-corrected chi connectivity index (χ0v) is 11.8. The number of aromatic hydroxyl groups is 4. The third-order valence-electron chi connectivity index (χ3n) is 3.09. The summed E-state index contributed by atoms with van der Waals surface area (Å²) in [7, 11) is 2.55. The topological polar surface area (TPSA) is 116 Å². The van der Waals surface area contributed by atoms with Gasteiger partial charge in [-0.05, 0) is 24.3 Å². The molecule has 4 N–H and O–H groups in total. The lowest BCUT2D eigenvalue weighted by atomic mass is 10.0. The van der Waals surface area contributed by atoms with Crippen molar-refractivity contribution in [1.29, 1.82) is 0 Å². The molecule has 0 aliphatic rings. The third kappa shape index (κ3) is 2.44. The molecule has 0 unspecified atom stereocenters. The van der Waals surface area contributed by atoms with Crippen molar-refractivity contribution in [3.05, 3.63) is 35.4 Å². The van der Waals surface area contributed by atoms with Gasteiger partial charge in [-0.1, -0.05) is 0 Å². The molecule has 0 aromatic heterocycles. The molecule has 0 bridgehead atoms. The Morgan fingerprint density at radius 3 is 2.00 bits per heavy atom. The van der Waals surface area contributed by atoms with E-state index < -0.39 is 28.8 Å². The summed E-state index contributed by atoms with van der Waals surface area (Å²) in [6, 6.07) is 4.74. The van der Waals surface area contributed by atoms with Crippen molar-refractivity contribution in [2.24, 2.45) is 0 Å². The number of rotatable bonds is 4. The Labute approximate surface area is 125 Å². The molecule has 0 saturated carbocycles. The monoisotopic (exact) mass is 306 g/mol. The van der Waals surface area contributed by atoms with Gasteiger partial charge < -0.3 is 29.9 Å². The van der Waals surface area contributed by atoms with E-state index in [0.29, 0.717) is 0 Å². The van der Waals surface area contributed by atoms with Gasteiger partial charge >= 0.3 is 0 Å². The summed E-state index contributed by atoms with van der Waals surface area (Å²) >= 11 is 0. The van der Waals surface area contributed by atoms with Crippen molar-refractivity contribution in [3.8, 4) is 34.5 Å². The molecule has 7 nitrogen and oxygen atoms in total. The molecule has 0 saturated heterocycles. The first-order valence-electron chi connectivity index (χ1n) is 6.14. The average molecular weight is 306 g/mol. The lowest BCUT2D eigenvalue weighted by Crippen LogP contribution is -2.02. The summed E-state index contributed by atoms with van der Waals surface area (Å²) in [6.07, 6.45) is 0. The number of hydrogen-bond donors (Lipinski definition) is 4. The van der Waals surface area contributed by atoms with Crippen LogP contribution in [0.1, 0.15) is 15.9 Å². The largest absolute Gasteiger partial charge is 0.504 e. The molecular formula is C15H14O7. The fourth-order valence-corrected chi connectivity index (χ4v) is 2.00. The van der Waals surface area contributed by atoms with Crippen LogP contribution in [0.4, 0.5) is 0 Å². The van der Waals surface area contributed by atoms with Gasteiger partial charge in [0.2, 0.25) is 11.5 Å². The van der Waals surface area contributed by atoms with Crippen LogP contribution in [-0.4, -0.2) is 40.4 Å². The van der Waals surface area contributed by atoms with Gasteiger partial charge in [-0.3, -0.25) is 4.79 Å². The molecule has 2 aromatic rings. The van der Waals surface area contributed by atoms with E-state index in [1.807, 2.05) is 0 Å². The second-order valence-electron chi connectivity index (χ2n) is 4.39. The maximum atomic E-state index is 12.3. The molecule has 7 heteroatoms. The Hall–Kier alpha value is -3.09. The van der Waals surface area contributed by atoms with Gasteiger partial charge in [-0.25, -0.2) is 0 Å². The van der Waals surface area contributed by atoms with Crippen molar-refractivity contribution in [2.45, 2.75) is 0 Å². The summed E-state index contributed by atoms with van der Waals surface area (Å²) in [5.74, 6) is -2.95. The molecule has 0 spiro atoms. The van der Waals surface area contributed by atoms with Crippen LogP contribution in [0, 0.1) is 0 Å². The van der Waals surface area contributed by atoms with Crippen LogP contribution in [0.3, 0.4) is 0 Å². The van der Waals surface area contributed by atoms with Crippen LogP contribution in [-0.2, 0) is 0 Å². The molecule has 0 radical (unpaired) electrons. The van der Waals surface area contributed by atoms with Gasteiger partial charge in [0.25, 0.3) is 0 Å². The van der Waals surface area contributed by atoms with Crippen LogP contribution in [0.2, 0.25) is 0 Å². The zero-order chi connectivity index (χ0) is 16.4. The van der Waals surface area contributed by atoms with Crippen LogP contribution in [0.25, 0.3) is 0 Å². The minimum absolute atomic E-state index is 0.00877. The number of methoxy groups -OCH3 is 2. The second kappa shape index (κ2) is 5.72. The lowest BCUT2D eigenvalue weighted by molar-refractivity contribution is 0.103. The van der Waals surface area contributed by atoms with E-state index in [0.717, 1.165) is 12.1 Å². The minimum Gasteiger partial charge on any atom is -0.504 e. The summed E-state index contributed by atoms with van der Waals surface area (Å²) in [5.41, 5.74) is -0.294. The van der Waals surface area contributed by atoms with Crippen LogP contribution < -0.4 is 9.47 Å². The molecule has 116 valence electrons. The predicted octanol–water partition coefficient (Wildman–Crippen LogP) is 1.76. The summed E-state index contributed by atoms with van der Waals surface area (Å²) in [5, 5.41) is 39.0. The van der Waals surface area contributed by atoms with Gasteiger partial charge in [0.1, 0.15) is 0 Å². The average Bonchev–Trinajstić information content (AvgIpc) is 2.49. The summed E-state index contributed by atoms with van der Waals surface area (Å²) in [6.45, 7) is 0. The predicted molar refractivity (Wildman–Crippen MR) is 76.1 cm³/mol. The quantitative estimate of drug-likeness (QED) is 0.502. The maximum absolute atomic E-state index is 12.3. The van der Waals surface area contributed by atoms with Crippen molar-refractivity contribution in [3.63, 3.8) is 0 Å². The van der Waals surface area contributed by atoms with Gasteiger partial charge in [0, 0.05) is 5.56 Å². The highest BCUT2D eigenvalue weighted by Crippen LogP contribution is 2.41. The second-order valence-corrected chi connectivity index (χ2v) is 4.39. The number of carbonyl (C=O) groups excluding carboxylic acids is 1. The first-order valence-corrected chi connectivity index (χ1v) is 6.14. The lowest BCUT2D eigenvalue weighted by Gasteiger charge is -2.11. The summed E-state index contributed by atoms with van der Waals surface area (Å²) in [4.78, 5) is 12.3. The van der Waals surface area contributed by atoms with Gasteiger partial charge in [0.15, 0.2) is 28.8 Å². The van der Waals surface area contributed by atoms with Gasteiger partial charge in [-0.2, -0.15) is 0 Å². The Kier molecular flexibility index (Phi) is 3.98. The van der Waals surface area contributed by atoms with E-state index >= 15 is 0 Å². The maximum Gasteiger partial charge on any atom is 0.202 e. The molecule has 0 atom stereocenters. The smallest absolute Gasteiger partial charge is 0.202 e. The highest BCUT2D eigenvalue weighted by Gasteiger charge is 2.21. The Morgan fingerprint density at radius 2 is 1.50 bits per heavy atom. The molecule has 0 aliphatic carbocycles. The Morgan fingerprint density at radius 1 is 0.909 bits per heavy atom. The molecule has 2 aromatic carbocycles. The van der Waals surface area contributed by atoms with Gasteiger partial charge in [0.05, 0.1) is 19.8 Å². The highest BCUT2D eigenvalue weighted by atomic mass is 16.5. The zero-order valence-electron chi connectivity index (χ0n) is 11.8. The van der Waals surface area contributed by atoms with Crippen molar-refractivity contribution < 1.29 is 34.7 Å². The molecular weight excluding hydrogens is 292 g/mol. The number of phenols is 4. The molecule has 2 rings (SSSR count). The SMILES string of the molecule is COc1ccc(C(=O)c2cc(O)c(OC)c(O)c2)c(O)c1O. The van der Waals surface area contributed by atoms with E-state index in [4.69, 9.17) is 9.47 Å². The van der Waals surface area contributed by atoms with Crippen molar-refractivity contribution >= 4 is 5.78 Å². The third-order valence-corrected chi connectivity index (χ3v) is 3.09. The number of hydrogen-bond acceptors (Lipinski definition) is 7. The van der Waals surface area contributed by atoms with Crippen molar-refractivity contribution in [1.82, 2.24) is 0 Å². The summed E-state index contributed by atoms with van der Waals surface area (Å²) < 4.78 is 9.59. The minimum atomic E-state index is -0.705. The highest BCUT2D eigenvalue weighted by molar-refractivity contribution is 6.11. The first kappa shape index (κ1) is 15.3. The van der Waals surface area contributed by atoms with E-state index in [-0.39, 0.29) is 22.6 Å². The number of phenolic OH excluding ortho intramolecular Hbond substituents is 4. The normalized spacial score (nSPS) is 10.3. The van der Waals surface area contributed by atoms with E-state index in [2.05, 4.69) is 0 Å². The van der Waals surface area contributed by atoms with Crippen LogP contribution in [0.15, 0.2) is 24.3 Å². The molecule has 0 fully saturated rings. The van der Waals surface area contributed by atoms with Gasteiger partial charge in [-0.15, -0.1) is 0 Å². The molecule has 0 heterocycles. The number of benzene rings is 2. The fraction of sp³-hybridized carbons (Fsp3) is 0.133. The standard InChI is InChI=1S/C15H14O7/c1-21-11-4-3-8(13(19)14(11)20)12(18)7-5-9(16)15(22-2)10(17)6-7/h3-6,16-17,19-20H,1-2H3. The Bertz CT molecular complexity index is 714. The first-order chi connectivity index (χ1) is 10.4.